The van der Waals surface area contributed by atoms with Gasteiger partial charge in [0.1, 0.15) is 19.0 Å². The maximum absolute atomic E-state index is 11.6. The predicted octanol–water partition coefficient (Wildman–Crippen LogP) is 1.50. The number of carbonyl (C=O) groups excluding carboxylic acids is 1. The van der Waals surface area contributed by atoms with E-state index in [1.54, 1.807) is 11.1 Å². The Morgan fingerprint density at radius 1 is 1.07 bits per heavy atom. The van der Waals surface area contributed by atoms with Crippen LogP contribution in [0.4, 0.5) is 10.6 Å². The number of cyclic esters (lactones) is 1. The van der Waals surface area contributed by atoms with Crippen LogP contribution in [0.15, 0.2) is 35.6 Å². The normalized spacial score (nSPS) is 18.3. The van der Waals surface area contributed by atoms with Crippen LogP contribution in [0.5, 0.6) is 5.88 Å². The third-order valence-corrected chi connectivity index (χ3v) is 5.45. The van der Waals surface area contributed by atoms with Gasteiger partial charge in [-0.25, -0.2) is 14.8 Å². The molecule has 0 spiro atoms. The summed E-state index contributed by atoms with van der Waals surface area (Å²) in [6.45, 7) is 5.51. The lowest BCUT2D eigenvalue weighted by Crippen LogP contribution is -2.36. The van der Waals surface area contributed by atoms with Crippen LogP contribution in [0.3, 0.4) is 0 Å². The van der Waals surface area contributed by atoms with E-state index in [2.05, 4.69) is 20.9 Å². The number of aliphatic imine (C=N–C) groups is 1. The molecule has 3 aliphatic heterocycles. The van der Waals surface area contributed by atoms with Gasteiger partial charge in [0.2, 0.25) is 5.88 Å². The van der Waals surface area contributed by atoms with Gasteiger partial charge in [0.15, 0.2) is 0 Å². The number of pyridine rings is 2. The molecule has 0 saturated carbocycles. The van der Waals surface area contributed by atoms with E-state index >= 15 is 0 Å². The van der Waals surface area contributed by atoms with E-state index in [9.17, 15) is 4.79 Å². The highest BCUT2D eigenvalue weighted by Crippen LogP contribution is 2.30. The fraction of sp³-hybridized carbons (Fsp3) is 0.429. The van der Waals surface area contributed by atoms with E-state index < -0.39 is 0 Å². The first kappa shape index (κ1) is 18.8. The molecule has 0 aliphatic carbocycles. The molecule has 0 unspecified atom stereocenters. The maximum Gasteiger partial charge on any atom is 0.410 e. The quantitative estimate of drug-likeness (QED) is 0.714. The van der Waals surface area contributed by atoms with Crippen molar-refractivity contribution in [3.63, 3.8) is 0 Å². The molecule has 2 saturated heterocycles. The van der Waals surface area contributed by atoms with Gasteiger partial charge in [-0.3, -0.25) is 4.99 Å². The Labute approximate surface area is 174 Å². The third-order valence-electron chi connectivity index (χ3n) is 5.45. The molecule has 9 heteroatoms. The molecule has 156 valence electrons. The van der Waals surface area contributed by atoms with Crippen LogP contribution in [0.25, 0.3) is 0 Å². The highest BCUT2D eigenvalue weighted by molar-refractivity contribution is 6.16. The molecule has 0 atom stereocenters. The second kappa shape index (κ2) is 8.27. The summed E-state index contributed by atoms with van der Waals surface area (Å²) >= 11 is 0. The Balaban J connectivity index is 1.35. The zero-order valence-corrected chi connectivity index (χ0v) is 16.6. The van der Waals surface area contributed by atoms with Crippen LogP contribution >= 0.6 is 0 Å². The number of hydrogen-bond donors (Lipinski definition) is 0. The molecular formula is C21H23N5O4. The molecule has 1 amide bonds. The molecule has 0 bridgehead atoms. The summed E-state index contributed by atoms with van der Waals surface area (Å²) in [4.78, 5) is 29.2. The molecule has 2 aromatic heterocycles. The van der Waals surface area contributed by atoms with E-state index in [-0.39, 0.29) is 6.09 Å². The molecule has 2 fully saturated rings. The van der Waals surface area contributed by atoms with Gasteiger partial charge in [-0.1, -0.05) is 0 Å². The summed E-state index contributed by atoms with van der Waals surface area (Å²) in [6, 6.07) is 6.01. The highest BCUT2D eigenvalue weighted by atomic mass is 16.6. The molecule has 5 heterocycles. The predicted molar refractivity (Wildman–Crippen MR) is 109 cm³/mol. The number of carbonyl (C=O) groups is 1. The van der Waals surface area contributed by atoms with Gasteiger partial charge >= 0.3 is 6.09 Å². The Kier molecular flexibility index (Phi) is 5.18. The van der Waals surface area contributed by atoms with Crippen LogP contribution < -0.4 is 9.64 Å². The monoisotopic (exact) mass is 409 g/mol. The number of fused-ring (bicyclic) bond motifs is 1. The summed E-state index contributed by atoms with van der Waals surface area (Å²) in [5.74, 6) is 1.46. The lowest BCUT2D eigenvalue weighted by atomic mass is 10.0. The van der Waals surface area contributed by atoms with Crippen LogP contribution in [-0.4, -0.2) is 79.3 Å². The minimum Gasteiger partial charge on any atom is -0.475 e. The fourth-order valence-electron chi connectivity index (χ4n) is 3.87. The van der Waals surface area contributed by atoms with Crippen molar-refractivity contribution >= 4 is 17.6 Å². The zero-order valence-electron chi connectivity index (χ0n) is 16.6. The van der Waals surface area contributed by atoms with Crippen molar-refractivity contribution in [3.8, 4) is 5.88 Å². The lowest BCUT2D eigenvalue weighted by molar-refractivity contribution is 0.122. The van der Waals surface area contributed by atoms with Gasteiger partial charge in [0.25, 0.3) is 0 Å². The number of nitrogens with zero attached hydrogens (tertiary/aromatic N) is 5. The SMILES string of the molecule is O=C1OCCN1CCOc1nccc2c1C(c1ccnc(N3CCOCC3)c1)=NC2. The molecule has 5 rings (SSSR count). The maximum atomic E-state index is 11.6. The second-order valence-corrected chi connectivity index (χ2v) is 7.27. The molecule has 0 aromatic carbocycles. The van der Waals surface area contributed by atoms with Crippen molar-refractivity contribution in [1.82, 2.24) is 14.9 Å². The molecule has 2 aromatic rings. The van der Waals surface area contributed by atoms with Crippen molar-refractivity contribution in [2.45, 2.75) is 6.54 Å². The highest BCUT2D eigenvalue weighted by Gasteiger charge is 2.25. The number of amides is 1. The number of hydrogen-bond acceptors (Lipinski definition) is 8. The molecule has 0 N–H and O–H groups in total. The first-order valence-electron chi connectivity index (χ1n) is 10.2. The van der Waals surface area contributed by atoms with Crippen LogP contribution in [-0.2, 0) is 16.0 Å². The van der Waals surface area contributed by atoms with Crippen molar-refractivity contribution in [3.05, 3.63) is 47.3 Å². The van der Waals surface area contributed by atoms with Crippen LogP contribution in [0.1, 0.15) is 16.7 Å². The Bertz CT molecular complexity index is 974. The average Bonchev–Trinajstić information content (AvgIpc) is 3.41. The van der Waals surface area contributed by atoms with Crippen molar-refractivity contribution in [2.24, 2.45) is 4.99 Å². The van der Waals surface area contributed by atoms with E-state index in [4.69, 9.17) is 19.2 Å². The Hall–Kier alpha value is -3.20. The topological polar surface area (TPSA) is 89.4 Å². The largest absolute Gasteiger partial charge is 0.475 e. The first-order valence-corrected chi connectivity index (χ1v) is 10.2. The van der Waals surface area contributed by atoms with Crippen molar-refractivity contribution in [1.29, 1.82) is 0 Å². The molecular weight excluding hydrogens is 386 g/mol. The third kappa shape index (κ3) is 3.68. The summed E-state index contributed by atoms with van der Waals surface area (Å²) in [5.41, 5.74) is 3.86. The standard InChI is InChI=1S/C21H23N5O4/c27-21-26(8-12-30-21)7-11-29-20-18-16(2-4-23-20)14-24-19(18)15-1-3-22-17(13-15)25-5-9-28-10-6-25/h1-4,13H,5-12,14H2. The summed E-state index contributed by atoms with van der Waals surface area (Å²) in [6.07, 6.45) is 3.26. The molecule has 9 nitrogen and oxygen atoms in total. The van der Waals surface area contributed by atoms with Gasteiger partial charge in [-0.2, -0.15) is 0 Å². The van der Waals surface area contributed by atoms with Crippen LogP contribution in [0.2, 0.25) is 0 Å². The minimum absolute atomic E-state index is 0.292. The lowest BCUT2D eigenvalue weighted by Gasteiger charge is -2.28. The smallest absolute Gasteiger partial charge is 0.410 e. The number of aromatic nitrogens is 2. The fourth-order valence-corrected chi connectivity index (χ4v) is 3.87. The molecule has 3 aliphatic rings. The minimum atomic E-state index is -0.292. The summed E-state index contributed by atoms with van der Waals surface area (Å²) in [5, 5.41) is 0. The zero-order chi connectivity index (χ0) is 20.3. The van der Waals surface area contributed by atoms with Gasteiger partial charge in [-0.05, 0) is 23.8 Å². The number of rotatable bonds is 6. The Morgan fingerprint density at radius 3 is 2.77 bits per heavy atom. The molecule has 0 radical (unpaired) electrons. The van der Waals surface area contributed by atoms with E-state index in [0.717, 1.165) is 41.3 Å². The molecule has 30 heavy (non-hydrogen) atoms. The average molecular weight is 409 g/mol. The first-order chi connectivity index (χ1) is 14.8. The number of ether oxygens (including phenoxy) is 3. The van der Waals surface area contributed by atoms with Gasteiger partial charge < -0.3 is 24.0 Å². The summed E-state index contributed by atoms with van der Waals surface area (Å²) < 4.78 is 16.4. The van der Waals surface area contributed by atoms with Gasteiger partial charge in [0.05, 0.1) is 44.1 Å². The van der Waals surface area contributed by atoms with Crippen LogP contribution in [0, 0.1) is 0 Å². The van der Waals surface area contributed by atoms with Gasteiger partial charge in [-0.15, -0.1) is 0 Å². The number of morpholine rings is 1. The van der Waals surface area contributed by atoms with Gasteiger partial charge in [0, 0.05) is 31.0 Å². The second-order valence-electron chi connectivity index (χ2n) is 7.27. The Morgan fingerprint density at radius 2 is 1.93 bits per heavy atom. The van der Waals surface area contributed by atoms with E-state index in [1.165, 1.54) is 0 Å². The summed E-state index contributed by atoms with van der Waals surface area (Å²) in [7, 11) is 0. The van der Waals surface area contributed by atoms with E-state index in [0.29, 0.717) is 51.9 Å². The van der Waals surface area contributed by atoms with Crippen molar-refractivity contribution < 1.29 is 19.0 Å². The van der Waals surface area contributed by atoms with E-state index in [1.807, 2.05) is 18.3 Å². The number of anilines is 1. The van der Waals surface area contributed by atoms with Crippen molar-refractivity contribution in [2.75, 3.05) is 57.5 Å².